The molecule has 6 unspecified atom stereocenters. The van der Waals surface area contributed by atoms with Gasteiger partial charge < -0.3 is 9.47 Å². The highest BCUT2D eigenvalue weighted by atomic mass is 16.6. The van der Waals surface area contributed by atoms with Crippen molar-refractivity contribution >= 4 is 5.97 Å². The molecule has 0 N–H and O–H groups in total. The molecule has 0 spiro atoms. The molecule has 1 aliphatic carbocycles. The van der Waals surface area contributed by atoms with Crippen molar-refractivity contribution in [3.8, 4) is 0 Å². The van der Waals surface area contributed by atoms with Gasteiger partial charge >= 0.3 is 5.97 Å². The first-order chi connectivity index (χ1) is 14.6. The summed E-state index contributed by atoms with van der Waals surface area (Å²) in [4.78, 5) is 12.5. The lowest BCUT2D eigenvalue weighted by Crippen LogP contribution is -2.24. The van der Waals surface area contributed by atoms with Crippen LogP contribution in [-0.4, -0.2) is 24.8 Å². The number of rotatable bonds is 13. The van der Waals surface area contributed by atoms with Gasteiger partial charge in [-0.1, -0.05) is 76.8 Å². The van der Waals surface area contributed by atoms with Crippen molar-refractivity contribution in [2.24, 2.45) is 17.8 Å². The largest absolute Gasteiger partial charge is 0.465 e. The Hall–Kier alpha value is -1.35. The molecule has 2 aliphatic rings. The van der Waals surface area contributed by atoms with Gasteiger partial charge in [-0.2, -0.15) is 0 Å². The van der Waals surface area contributed by atoms with Gasteiger partial charge in [0.1, 0.15) is 0 Å². The molecule has 1 aromatic carbocycles. The van der Waals surface area contributed by atoms with E-state index in [-0.39, 0.29) is 11.9 Å². The Kier molecular flexibility index (Phi) is 9.24. The zero-order valence-corrected chi connectivity index (χ0v) is 19.4. The van der Waals surface area contributed by atoms with Crippen LogP contribution in [0.3, 0.4) is 0 Å². The van der Waals surface area contributed by atoms with Crippen molar-refractivity contribution in [3.63, 3.8) is 0 Å². The molecule has 0 bridgehead atoms. The summed E-state index contributed by atoms with van der Waals surface area (Å²) < 4.78 is 11.3. The lowest BCUT2D eigenvalue weighted by molar-refractivity contribution is -0.150. The normalized spacial score (nSPS) is 25.8. The summed E-state index contributed by atoms with van der Waals surface area (Å²) in [7, 11) is 0. The Morgan fingerprint density at radius 3 is 2.57 bits per heavy atom. The van der Waals surface area contributed by atoms with Gasteiger partial charge in [-0.15, -0.1) is 0 Å². The molecular weight excluding hydrogens is 372 g/mol. The molecule has 30 heavy (non-hydrogen) atoms. The fourth-order valence-corrected chi connectivity index (χ4v) is 5.14. The molecule has 1 heterocycles. The smallest absolute Gasteiger partial charge is 0.308 e. The quantitative estimate of drug-likeness (QED) is 0.200. The van der Waals surface area contributed by atoms with Gasteiger partial charge in [-0.25, -0.2) is 0 Å². The second-order valence-corrected chi connectivity index (χ2v) is 9.92. The van der Waals surface area contributed by atoms with E-state index in [0.29, 0.717) is 30.7 Å². The van der Waals surface area contributed by atoms with Crippen LogP contribution in [0.15, 0.2) is 30.3 Å². The number of benzene rings is 1. The van der Waals surface area contributed by atoms with Gasteiger partial charge in [0, 0.05) is 0 Å². The Balaban J connectivity index is 1.24. The highest BCUT2D eigenvalue weighted by Crippen LogP contribution is 2.39. The van der Waals surface area contributed by atoms with Crippen LogP contribution in [0.25, 0.3) is 0 Å². The fraction of sp³-hybridized carbons (Fsp3) is 0.741. The minimum atomic E-state index is 0.0291. The van der Waals surface area contributed by atoms with Crippen molar-refractivity contribution < 1.29 is 14.3 Å². The average Bonchev–Trinajstić information content (AvgIpc) is 3.54. The number of unbranched alkanes of at least 4 members (excludes halogenated alkanes) is 2. The van der Waals surface area contributed by atoms with Gasteiger partial charge in [-0.05, 0) is 61.8 Å². The predicted octanol–water partition coefficient (Wildman–Crippen LogP) is 6.90. The minimum Gasteiger partial charge on any atom is -0.465 e. The second-order valence-electron chi connectivity index (χ2n) is 9.92. The zero-order chi connectivity index (χ0) is 21.3. The Labute approximate surface area is 183 Å². The lowest BCUT2D eigenvalue weighted by Gasteiger charge is -2.21. The van der Waals surface area contributed by atoms with Gasteiger partial charge in [0.05, 0.1) is 24.7 Å². The molecule has 0 radical (unpaired) electrons. The van der Waals surface area contributed by atoms with Crippen molar-refractivity contribution in [3.05, 3.63) is 35.9 Å². The maximum atomic E-state index is 12.5. The van der Waals surface area contributed by atoms with Crippen LogP contribution in [-0.2, 0) is 14.3 Å². The van der Waals surface area contributed by atoms with E-state index in [4.69, 9.17) is 9.47 Å². The first-order valence-electron chi connectivity index (χ1n) is 12.4. The maximum absolute atomic E-state index is 12.5. The van der Waals surface area contributed by atoms with E-state index in [0.717, 1.165) is 44.4 Å². The number of fused-ring (bicyclic) bond motifs is 1. The second kappa shape index (κ2) is 11.9. The van der Waals surface area contributed by atoms with E-state index in [1.807, 2.05) is 0 Å². The van der Waals surface area contributed by atoms with Crippen molar-refractivity contribution in [2.45, 2.75) is 103 Å². The molecular formula is C27H42O3. The summed E-state index contributed by atoms with van der Waals surface area (Å²) in [5.41, 5.74) is 1.45. The van der Waals surface area contributed by atoms with E-state index in [2.05, 4.69) is 51.1 Å². The molecule has 2 fully saturated rings. The monoisotopic (exact) mass is 414 g/mol. The maximum Gasteiger partial charge on any atom is 0.308 e. The molecule has 3 heteroatoms. The molecule has 1 saturated heterocycles. The lowest BCUT2D eigenvalue weighted by atomic mass is 9.88. The molecule has 0 aromatic heterocycles. The van der Waals surface area contributed by atoms with E-state index in [9.17, 15) is 4.79 Å². The molecule has 1 aliphatic heterocycles. The van der Waals surface area contributed by atoms with E-state index in [1.165, 1.54) is 31.2 Å². The third-order valence-electron chi connectivity index (χ3n) is 7.27. The first-order valence-corrected chi connectivity index (χ1v) is 12.4. The summed E-state index contributed by atoms with van der Waals surface area (Å²) in [5, 5.41) is 0. The molecule has 1 saturated carbocycles. The third-order valence-corrected chi connectivity index (χ3v) is 7.27. The van der Waals surface area contributed by atoms with Crippen molar-refractivity contribution in [1.29, 1.82) is 0 Å². The van der Waals surface area contributed by atoms with E-state index < -0.39 is 0 Å². The van der Waals surface area contributed by atoms with Crippen LogP contribution >= 0.6 is 0 Å². The molecule has 3 nitrogen and oxygen atoms in total. The summed E-state index contributed by atoms with van der Waals surface area (Å²) in [5.74, 6) is 1.99. The summed E-state index contributed by atoms with van der Waals surface area (Å²) in [6, 6.07) is 10.8. The molecule has 1 aromatic rings. The topological polar surface area (TPSA) is 38.8 Å². The first kappa shape index (κ1) is 23.3. The summed E-state index contributed by atoms with van der Waals surface area (Å²) >= 11 is 0. The molecule has 168 valence electrons. The average molecular weight is 415 g/mol. The van der Waals surface area contributed by atoms with E-state index in [1.54, 1.807) is 0 Å². The van der Waals surface area contributed by atoms with Gasteiger partial charge in [0.15, 0.2) is 0 Å². The standard InChI is InChI=1S/C27H42O3/c1-4-23(27(28)29-19-22-15-16-25-26(18-22)30-25)12-8-5-7-11-20(2)17-21(3)24-13-9-6-10-14-24/h6,9-10,13-14,20-23,25-26H,4-5,7-8,11-12,15-19H2,1-3H3. The third kappa shape index (κ3) is 7.41. The van der Waals surface area contributed by atoms with Crippen LogP contribution in [0.4, 0.5) is 0 Å². The number of hydrogen-bond donors (Lipinski definition) is 0. The van der Waals surface area contributed by atoms with Gasteiger partial charge in [-0.3, -0.25) is 4.79 Å². The van der Waals surface area contributed by atoms with Crippen LogP contribution in [0, 0.1) is 17.8 Å². The Morgan fingerprint density at radius 2 is 1.83 bits per heavy atom. The number of hydrogen-bond acceptors (Lipinski definition) is 3. The Morgan fingerprint density at radius 1 is 1.07 bits per heavy atom. The summed E-state index contributed by atoms with van der Waals surface area (Å²) in [6.07, 6.45) is 12.4. The molecule has 6 atom stereocenters. The molecule has 0 amide bonds. The molecule has 3 rings (SSSR count). The number of esters is 1. The van der Waals surface area contributed by atoms with Gasteiger partial charge in [0.25, 0.3) is 0 Å². The summed E-state index contributed by atoms with van der Waals surface area (Å²) in [6.45, 7) is 7.43. The fourth-order valence-electron chi connectivity index (χ4n) is 5.14. The highest BCUT2D eigenvalue weighted by Gasteiger charge is 2.44. The van der Waals surface area contributed by atoms with Crippen molar-refractivity contribution in [1.82, 2.24) is 0 Å². The zero-order valence-electron chi connectivity index (χ0n) is 19.4. The minimum absolute atomic E-state index is 0.0291. The van der Waals surface area contributed by atoms with Crippen LogP contribution < -0.4 is 0 Å². The number of carbonyl (C=O) groups is 1. The van der Waals surface area contributed by atoms with Crippen molar-refractivity contribution in [2.75, 3.05) is 6.61 Å². The number of carbonyl (C=O) groups excluding carboxylic acids is 1. The number of ether oxygens (including phenoxy) is 2. The van der Waals surface area contributed by atoms with Crippen LogP contribution in [0.1, 0.15) is 96.5 Å². The number of epoxide rings is 1. The van der Waals surface area contributed by atoms with Crippen LogP contribution in [0.5, 0.6) is 0 Å². The Bertz CT molecular complexity index is 628. The van der Waals surface area contributed by atoms with Crippen LogP contribution in [0.2, 0.25) is 0 Å². The van der Waals surface area contributed by atoms with E-state index >= 15 is 0 Å². The van der Waals surface area contributed by atoms with Gasteiger partial charge in [0.2, 0.25) is 0 Å². The highest BCUT2D eigenvalue weighted by molar-refractivity contribution is 5.72. The predicted molar refractivity (Wildman–Crippen MR) is 122 cm³/mol. The SMILES string of the molecule is CCC(CCCCCC(C)CC(C)c1ccccc1)C(=O)OCC1CCC2OC2C1.